The van der Waals surface area contributed by atoms with Crippen LogP contribution in [-0.4, -0.2) is 48.1 Å². The summed E-state index contributed by atoms with van der Waals surface area (Å²) in [5, 5.41) is 20.7. The summed E-state index contributed by atoms with van der Waals surface area (Å²) >= 11 is 0. The van der Waals surface area contributed by atoms with Gasteiger partial charge in [0, 0.05) is 18.4 Å². The van der Waals surface area contributed by atoms with Gasteiger partial charge in [-0.15, -0.1) is 0 Å². The van der Waals surface area contributed by atoms with E-state index >= 15 is 0 Å². The molecule has 0 aliphatic carbocycles. The molecule has 0 aliphatic heterocycles. The van der Waals surface area contributed by atoms with Crippen molar-refractivity contribution in [2.24, 2.45) is 17.2 Å². The van der Waals surface area contributed by atoms with Crippen LogP contribution in [0.2, 0.25) is 0 Å². The predicted molar refractivity (Wildman–Crippen MR) is 137 cm³/mol. The van der Waals surface area contributed by atoms with Crippen molar-refractivity contribution in [2.75, 3.05) is 0 Å². The van der Waals surface area contributed by atoms with E-state index in [2.05, 4.69) is 5.32 Å². The maximum absolute atomic E-state index is 13.6. The lowest BCUT2D eigenvalue weighted by Gasteiger charge is -2.29. The van der Waals surface area contributed by atoms with E-state index in [9.17, 15) is 27.9 Å². The second-order valence-corrected chi connectivity index (χ2v) is 10.8. The molecule has 0 saturated carbocycles. The molecule has 2 amide bonds. The number of sulfone groups is 1. The first-order valence-corrected chi connectivity index (χ1v) is 12.6. The fourth-order valence-corrected chi connectivity index (χ4v) is 5.38. The molecule has 3 aromatic rings. The molecule has 0 bridgehead atoms. The highest BCUT2D eigenvalue weighted by atomic mass is 32.2. The molecule has 3 aromatic carbocycles. The fraction of sp³-hybridized carbons (Fsp3) is 0.200. The van der Waals surface area contributed by atoms with Crippen LogP contribution in [0.1, 0.15) is 24.0 Å². The van der Waals surface area contributed by atoms with E-state index in [1.165, 1.54) is 36.4 Å². The molecule has 0 saturated heterocycles. The number of nitrogens with one attached hydrogen (secondary N) is 2. The number of fused-ring (bicyclic) bond motifs is 1. The number of carbonyl (C=O) groups excluding carboxylic acids is 2. The van der Waals surface area contributed by atoms with E-state index in [1.54, 1.807) is 30.3 Å². The van der Waals surface area contributed by atoms with Crippen LogP contribution in [0.5, 0.6) is 0 Å². The molecule has 12 heteroatoms. The molecule has 0 aliphatic rings. The first-order valence-electron chi connectivity index (χ1n) is 11.1. The number of aliphatic carboxylic acids is 1. The number of nitrogens with two attached hydrogens (primary N) is 3. The Balaban J connectivity index is 1.96. The van der Waals surface area contributed by atoms with Crippen LogP contribution < -0.4 is 22.5 Å². The highest BCUT2D eigenvalue weighted by molar-refractivity contribution is 7.93. The van der Waals surface area contributed by atoms with Gasteiger partial charge in [0.15, 0.2) is 0 Å². The highest BCUT2D eigenvalue weighted by Crippen LogP contribution is 2.29. The summed E-state index contributed by atoms with van der Waals surface area (Å²) in [6.45, 7) is 0. The van der Waals surface area contributed by atoms with Gasteiger partial charge in [-0.1, -0.05) is 54.6 Å². The van der Waals surface area contributed by atoms with Crippen LogP contribution >= 0.6 is 0 Å². The molecule has 0 fully saturated rings. The van der Waals surface area contributed by atoms with Crippen LogP contribution in [0.3, 0.4) is 0 Å². The van der Waals surface area contributed by atoms with Crippen molar-refractivity contribution in [1.29, 1.82) is 5.41 Å². The summed E-state index contributed by atoms with van der Waals surface area (Å²) in [6, 6.07) is 15.7. The quantitative estimate of drug-likeness (QED) is 0.154. The Morgan fingerprint density at radius 3 is 2.16 bits per heavy atom. The van der Waals surface area contributed by atoms with Gasteiger partial charge in [0.2, 0.25) is 20.6 Å². The zero-order valence-electron chi connectivity index (χ0n) is 19.7. The molecule has 0 radical (unpaired) electrons. The van der Waals surface area contributed by atoms with E-state index in [1.807, 2.05) is 0 Å². The van der Waals surface area contributed by atoms with Gasteiger partial charge >= 0.3 is 5.97 Å². The Bertz CT molecular complexity index is 1470. The standard InChI is InChI=1S/C25H27N5O6S/c26-21(31)11-12-25(29,37(35,36)19-10-9-16-3-1-2-4-18(16)14-19)24(34)30-20(23(32)33)13-15-5-7-17(8-6-15)22(27)28/h1-10,14,20H,11-13,29H2,(H2,26,31)(H3,27,28)(H,30,34)(H,32,33)/t20-,25+/m0/s1. The molecule has 3 rings (SSSR count). The lowest BCUT2D eigenvalue weighted by molar-refractivity contribution is -0.142. The van der Waals surface area contributed by atoms with Crippen molar-refractivity contribution in [3.8, 4) is 0 Å². The third-order valence-electron chi connectivity index (χ3n) is 5.95. The number of nitrogen functional groups attached to an aromatic ring is 1. The van der Waals surface area contributed by atoms with Crippen molar-refractivity contribution in [3.63, 3.8) is 0 Å². The minimum Gasteiger partial charge on any atom is -0.480 e. The molecule has 11 nitrogen and oxygen atoms in total. The number of carboxylic acid groups (broad SMARTS) is 1. The van der Waals surface area contributed by atoms with E-state index < -0.39 is 51.4 Å². The van der Waals surface area contributed by atoms with E-state index in [0.29, 0.717) is 16.5 Å². The number of primary amides is 1. The monoisotopic (exact) mass is 525 g/mol. The summed E-state index contributed by atoms with van der Waals surface area (Å²) < 4.78 is 27.3. The molecular weight excluding hydrogens is 498 g/mol. The number of carboxylic acids is 1. The van der Waals surface area contributed by atoms with E-state index in [0.717, 1.165) is 5.39 Å². The summed E-state index contributed by atoms with van der Waals surface area (Å²) in [4.78, 5) is 33.8. The Morgan fingerprint density at radius 2 is 1.59 bits per heavy atom. The summed E-state index contributed by atoms with van der Waals surface area (Å²) in [7, 11) is -4.62. The Labute approximate surface area is 213 Å². The maximum Gasteiger partial charge on any atom is 0.326 e. The zero-order valence-corrected chi connectivity index (χ0v) is 20.5. The summed E-state index contributed by atoms with van der Waals surface area (Å²) in [5.41, 5.74) is 17.7. The number of carbonyl (C=O) groups is 3. The van der Waals surface area contributed by atoms with Crippen molar-refractivity contribution < 1.29 is 27.9 Å². The van der Waals surface area contributed by atoms with E-state index in [-0.39, 0.29) is 17.2 Å². The van der Waals surface area contributed by atoms with Gasteiger partial charge in [0.1, 0.15) is 11.9 Å². The van der Waals surface area contributed by atoms with Gasteiger partial charge in [-0.25, -0.2) is 13.2 Å². The number of benzene rings is 3. The second kappa shape index (κ2) is 10.8. The summed E-state index contributed by atoms with van der Waals surface area (Å²) in [6.07, 6.45) is -1.40. The second-order valence-electron chi connectivity index (χ2n) is 8.55. The number of amidine groups is 1. The van der Waals surface area contributed by atoms with Crippen molar-refractivity contribution in [2.45, 2.75) is 35.1 Å². The average molecular weight is 526 g/mol. The van der Waals surface area contributed by atoms with Gasteiger partial charge < -0.3 is 27.6 Å². The molecule has 0 aromatic heterocycles. The SMILES string of the molecule is N=C(N)c1ccc(C[C@H](NC(=O)[C@@](N)(CCC(N)=O)S(=O)(=O)c2ccc3ccccc3c2)C(=O)O)cc1. The van der Waals surface area contributed by atoms with Crippen LogP contribution in [0, 0.1) is 5.41 Å². The van der Waals surface area contributed by atoms with Crippen LogP contribution in [-0.2, 0) is 30.6 Å². The number of hydrogen-bond donors (Lipinski definition) is 6. The van der Waals surface area contributed by atoms with Crippen molar-refractivity contribution in [1.82, 2.24) is 5.32 Å². The first-order chi connectivity index (χ1) is 17.3. The minimum absolute atomic E-state index is 0.170. The van der Waals surface area contributed by atoms with Crippen LogP contribution in [0.15, 0.2) is 71.6 Å². The van der Waals surface area contributed by atoms with Gasteiger partial charge in [-0.2, -0.15) is 0 Å². The Kier molecular flexibility index (Phi) is 7.94. The van der Waals surface area contributed by atoms with Gasteiger partial charge in [-0.3, -0.25) is 15.0 Å². The molecule has 2 atom stereocenters. The molecule has 37 heavy (non-hydrogen) atoms. The minimum atomic E-state index is -4.62. The van der Waals surface area contributed by atoms with Crippen LogP contribution in [0.4, 0.5) is 0 Å². The molecule has 0 unspecified atom stereocenters. The van der Waals surface area contributed by atoms with Crippen molar-refractivity contribution in [3.05, 3.63) is 77.9 Å². The third kappa shape index (κ3) is 5.93. The topological polar surface area (TPSA) is 220 Å². The molecule has 9 N–H and O–H groups in total. The smallest absolute Gasteiger partial charge is 0.326 e. The average Bonchev–Trinajstić information content (AvgIpc) is 2.86. The zero-order chi connectivity index (χ0) is 27.4. The van der Waals surface area contributed by atoms with Crippen molar-refractivity contribution >= 4 is 44.2 Å². The number of hydrogen-bond acceptors (Lipinski definition) is 7. The molecule has 0 spiro atoms. The van der Waals surface area contributed by atoms with Gasteiger partial charge in [0.25, 0.3) is 5.91 Å². The molecule has 194 valence electrons. The van der Waals surface area contributed by atoms with E-state index in [4.69, 9.17) is 22.6 Å². The molecular formula is C25H27N5O6S. The van der Waals surface area contributed by atoms with Crippen LogP contribution in [0.25, 0.3) is 10.8 Å². The Morgan fingerprint density at radius 1 is 0.973 bits per heavy atom. The maximum atomic E-state index is 13.6. The number of rotatable bonds is 11. The fourth-order valence-electron chi connectivity index (χ4n) is 3.76. The number of amides is 2. The normalized spacial score (nSPS) is 13.9. The molecule has 0 heterocycles. The highest BCUT2D eigenvalue weighted by Gasteiger charge is 2.49. The lowest BCUT2D eigenvalue weighted by Crippen LogP contribution is -2.62. The summed E-state index contributed by atoms with van der Waals surface area (Å²) in [5.74, 6) is -3.76. The third-order valence-corrected chi connectivity index (χ3v) is 8.17. The van der Waals surface area contributed by atoms with Gasteiger partial charge in [0.05, 0.1) is 4.90 Å². The Hall–Kier alpha value is -4.29. The first kappa shape index (κ1) is 27.3. The van der Waals surface area contributed by atoms with Gasteiger partial charge in [-0.05, 0) is 34.9 Å². The lowest BCUT2D eigenvalue weighted by atomic mass is 10.0. The largest absolute Gasteiger partial charge is 0.480 e. The predicted octanol–water partition coefficient (Wildman–Crippen LogP) is 0.630.